The molecule has 1 N–H and O–H groups in total. The predicted octanol–water partition coefficient (Wildman–Crippen LogP) is 3.65. The van der Waals surface area contributed by atoms with E-state index in [0.717, 1.165) is 10.9 Å². The zero-order chi connectivity index (χ0) is 21.7. The molecule has 3 aromatic rings. The fraction of sp³-hybridized carbons (Fsp3) is 0.238. The highest BCUT2D eigenvalue weighted by Crippen LogP contribution is 2.29. The second-order valence-electron chi connectivity index (χ2n) is 6.21. The zero-order valence-electron chi connectivity index (χ0n) is 17.0. The van der Waals surface area contributed by atoms with Gasteiger partial charge in [-0.15, -0.1) is 0 Å². The molecule has 0 fully saturated rings. The Morgan fingerprint density at radius 1 is 1.30 bits per heavy atom. The summed E-state index contributed by atoms with van der Waals surface area (Å²) < 4.78 is 16.8. The summed E-state index contributed by atoms with van der Waals surface area (Å²) in [6, 6.07) is 7.41. The topological polar surface area (TPSA) is 105 Å². The van der Waals surface area contributed by atoms with E-state index in [-0.39, 0.29) is 24.6 Å². The number of methoxy groups -OCH3 is 1. The van der Waals surface area contributed by atoms with Crippen molar-refractivity contribution in [2.24, 2.45) is 0 Å². The Hall–Kier alpha value is -3.88. The molecule has 9 heteroatoms. The number of nitrogens with one attached hydrogen (secondary N) is 1. The molecule has 2 heterocycles. The number of nitrogens with zero attached hydrogens (tertiary/aromatic N) is 3. The van der Waals surface area contributed by atoms with E-state index in [1.54, 1.807) is 26.2 Å². The number of hydrogen-bond donors (Lipinski definition) is 1. The summed E-state index contributed by atoms with van der Waals surface area (Å²) in [5, 5.41) is 7.71. The van der Waals surface area contributed by atoms with Gasteiger partial charge in [0, 0.05) is 5.39 Å². The average molecular weight is 410 g/mol. The number of pyridine rings is 1. The van der Waals surface area contributed by atoms with Crippen molar-refractivity contribution in [1.29, 1.82) is 0 Å². The van der Waals surface area contributed by atoms with Crippen molar-refractivity contribution in [3.05, 3.63) is 54.2 Å². The zero-order valence-corrected chi connectivity index (χ0v) is 17.0. The Balaban J connectivity index is 2.14. The normalized spacial score (nSPS) is 10.5. The Morgan fingerprint density at radius 2 is 2.10 bits per heavy atom. The summed E-state index contributed by atoms with van der Waals surface area (Å²) in [7, 11) is 1.56. The molecule has 156 valence electrons. The molecule has 3 rings (SSSR count). The quantitative estimate of drug-likeness (QED) is 0.468. The number of carbonyl (C=O) groups is 2. The summed E-state index contributed by atoms with van der Waals surface area (Å²) >= 11 is 0. The molecule has 0 aliphatic heterocycles. The molecule has 1 aromatic carbocycles. The van der Waals surface area contributed by atoms with Gasteiger partial charge in [-0.3, -0.25) is 5.32 Å². The van der Waals surface area contributed by atoms with Crippen molar-refractivity contribution in [2.45, 2.75) is 13.8 Å². The van der Waals surface area contributed by atoms with Crippen LogP contribution in [0, 0.1) is 6.92 Å². The Bertz CT molecular complexity index is 1110. The number of esters is 1. The monoisotopic (exact) mass is 410 g/mol. The number of ether oxygens (including phenoxy) is 3. The minimum Gasteiger partial charge on any atom is -0.494 e. The van der Waals surface area contributed by atoms with Gasteiger partial charge < -0.3 is 14.2 Å². The first kappa shape index (κ1) is 20.8. The average Bonchev–Trinajstić information content (AvgIpc) is 3.15. The number of fused-ring (bicyclic) bond motifs is 1. The molecule has 0 saturated carbocycles. The largest absolute Gasteiger partial charge is 0.494 e. The first-order chi connectivity index (χ1) is 14.5. The van der Waals surface area contributed by atoms with Crippen molar-refractivity contribution in [3.63, 3.8) is 0 Å². The third-order valence-corrected chi connectivity index (χ3v) is 4.25. The van der Waals surface area contributed by atoms with Crippen molar-refractivity contribution >= 4 is 28.8 Å². The molecule has 0 radical (unpaired) electrons. The Kier molecular flexibility index (Phi) is 6.31. The predicted molar refractivity (Wildman–Crippen MR) is 111 cm³/mol. The summed E-state index contributed by atoms with van der Waals surface area (Å²) in [6.45, 7) is 7.30. The summed E-state index contributed by atoms with van der Waals surface area (Å²) in [5.41, 5.74) is 1.62. The van der Waals surface area contributed by atoms with Gasteiger partial charge in [0.15, 0.2) is 11.6 Å². The van der Waals surface area contributed by atoms with Crippen LogP contribution < -0.4 is 10.1 Å². The van der Waals surface area contributed by atoms with Crippen LogP contribution in [0.3, 0.4) is 0 Å². The summed E-state index contributed by atoms with van der Waals surface area (Å²) in [4.78, 5) is 29.2. The number of benzene rings is 1. The van der Waals surface area contributed by atoms with Crippen LogP contribution >= 0.6 is 0 Å². The Labute approximate surface area is 173 Å². The van der Waals surface area contributed by atoms with E-state index >= 15 is 0 Å². The molecule has 0 unspecified atom stereocenters. The van der Waals surface area contributed by atoms with Crippen LogP contribution in [-0.4, -0.2) is 47.2 Å². The van der Waals surface area contributed by atoms with Crippen LogP contribution in [0.15, 0.2) is 43.1 Å². The fourth-order valence-corrected chi connectivity index (χ4v) is 2.92. The van der Waals surface area contributed by atoms with Gasteiger partial charge in [-0.1, -0.05) is 24.8 Å². The third kappa shape index (κ3) is 4.09. The lowest BCUT2D eigenvalue weighted by Gasteiger charge is -2.13. The van der Waals surface area contributed by atoms with Gasteiger partial charge in [0.05, 0.1) is 19.9 Å². The maximum absolute atomic E-state index is 12.4. The molecule has 0 bridgehead atoms. The van der Waals surface area contributed by atoms with Crippen LogP contribution in [0.5, 0.6) is 5.75 Å². The minimum absolute atomic E-state index is 0.0131. The Morgan fingerprint density at radius 3 is 2.80 bits per heavy atom. The van der Waals surface area contributed by atoms with Crippen LogP contribution in [-0.2, 0) is 9.47 Å². The van der Waals surface area contributed by atoms with Gasteiger partial charge in [-0.25, -0.2) is 14.6 Å². The number of para-hydroxylation sites is 1. The summed E-state index contributed by atoms with van der Waals surface area (Å²) in [6.07, 6.45) is 1.98. The van der Waals surface area contributed by atoms with E-state index in [9.17, 15) is 9.59 Å². The first-order valence-electron chi connectivity index (χ1n) is 9.24. The van der Waals surface area contributed by atoms with E-state index in [2.05, 4.69) is 22.0 Å². The van der Waals surface area contributed by atoms with Crippen LogP contribution in [0.25, 0.3) is 16.7 Å². The minimum atomic E-state index is -0.766. The molecule has 1 amide bonds. The highest BCUT2D eigenvalue weighted by molar-refractivity contribution is 5.99. The lowest BCUT2D eigenvalue weighted by Crippen LogP contribution is -2.19. The molecule has 30 heavy (non-hydrogen) atoms. The van der Waals surface area contributed by atoms with Gasteiger partial charge in [0.1, 0.15) is 23.4 Å². The number of anilines is 1. The highest BCUT2D eigenvalue weighted by Gasteiger charge is 2.23. The number of aromatic nitrogens is 3. The number of rotatable bonds is 7. The van der Waals surface area contributed by atoms with Gasteiger partial charge >= 0.3 is 12.1 Å². The van der Waals surface area contributed by atoms with Crippen molar-refractivity contribution in [2.75, 3.05) is 25.6 Å². The van der Waals surface area contributed by atoms with E-state index in [1.807, 2.05) is 19.1 Å². The molecular weight excluding hydrogens is 388 g/mol. The van der Waals surface area contributed by atoms with Crippen molar-refractivity contribution < 1.29 is 23.8 Å². The molecular formula is C21H22N4O5. The van der Waals surface area contributed by atoms with Crippen LogP contribution in [0.1, 0.15) is 22.8 Å². The van der Waals surface area contributed by atoms with Crippen molar-refractivity contribution in [3.8, 4) is 11.6 Å². The molecule has 0 aliphatic rings. The first-order valence-corrected chi connectivity index (χ1v) is 9.24. The summed E-state index contributed by atoms with van der Waals surface area (Å²) in [5.74, 6) is 0.440. The van der Waals surface area contributed by atoms with E-state index in [0.29, 0.717) is 17.1 Å². The number of aryl methyl sites for hydroxylation is 1. The second kappa shape index (κ2) is 9.08. The number of carbonyl (C=O) groups excluding carboxylic acids is 2. The third-order valence-electron chi connectivity index (χ3n) is 4.25. The van der Waals surface area contributed by atoms with Gasteiger partial charge in [0.25, 0.3) is 0 Å². The molecule has 0 saturated heterocycles. The highest BCUT2D eigenvalue weighted by atomic mass is 16.5. The van der Waals surface area contributed by atoms with E-state index in [4.69, 9.17) is 14.2 Å². The number of amides is 1. The maximum atomic E-state index is 12.4. The van der Waals surface area contributed by atoms with E-state index in [1.165, 1.54) is 17.0 Å². The van der Waals surface area contributed by atoms with Gasteiger partial charge in [0.2, 0.25) is 0 Å². The molecule has 0 atom stereocenters. The maximum Gasteiger partial charge on any atom is 0.413 e. The standard InChI is InChI=1S/C21H22N4O5/c1-5-10-30-21(27)24-19-15(20(26)29-6-2)12-22-25(19)17-11-13(3)14-8-7-9-16(28-4)18(14)23-17/h5,7-9,11-12H,1,6,10H2,2-4H3,(H,24,27). The van der Waals surface area contributed by atoms with Crippen molar-refractivity contribution in [1.82, 2.24) is 14.8 Å². The number of hydrogen-bond acceptors (Lipinski definition) is 7. The molecule has 0 spiro atoms. The second-order valence-corrected chi connectivity index (χ2v) is 6.21. The molecule has 0 aliphatic carbocycles. The molecule has 2 aromatic heterocycles. The van der Waals surface area contributed by atoms with Crippen LogP contribution in [0.4, 0.5) is 10.6 Å². The van der Waals surface area contributed by atoms with Gasteiger partial charge in [-0.2, -0.15) is 9.78 Å². The lowest BCUT2D eigenvalue weighted by molar-refractivity contribution is 0.0527. The smallest absolute Gasteiger partial charge is 0.413 e. The fourth-order valence-electron chi connectivity index (χ4n) is 2.92. The van der Waals surface area contributed by atoms with Crippen LogP contribution in [0.2, 0.25) is 0 Å². The SMILES string of the molecule is C=CCOC(=O)Nc1c(C(=O)OCC)cnn1-c1cc(C)c2cccc(OC)c2n1. The van der Waals surface area contributed by atoms with Gasteiger partial charge in [-0.05, 0) is 31.5 Å². The molecule has 9 nitrogen and oxygen atoms in total. The van der Waals surface area contributed by atoms with E-state index < -0.39 is 12.1 Å². The lowest BCUT2D eigenvalue weighted by atomic mass is 10.1.